The van der Waals surface area contributed by atoms with Crippen LogP contribution in [0.15, 0.2) is 54.2 Å². The van der Waals surface area contributed by atoms with Crippen LogP contribution in [-0.2, 0) is 4.79 Å². The van der Waals surface area contributed by atoms with E-state index in [0.717, 1.165) is 12.8 Å². The Morgan fingerprint density at radius 1 is 1.10 bits per heavy atom. The number of carbonyl (C=O) groups excluding carboxylic acids is 2. The lowest BCUT2D eigenvalue weighted by molar-refractivity contribution is -0.384. The van der Waals surface area contributed by atoms with Gasteiger partial charge >= 0.3 is 0 Å². The number of hydrogen-bond donors (Lipinski definition) is 1. The van der Waals surface area contributed by atoms with E-state index in [-0.39, 0.29) is 22.9 Å². The lowest BCUT2D eigenvalue weighted by Crippen LogP contribution is -2.37. The van der Waals surface area contributed by atoms with Gasteiger partial charge in [-0.2, -0.15) is 0 Å². The van der Waals surface area contributed by atoms with Crippen LogP contribution in [0, 0.1) is 10.1 Å². The van der Waals surface area contributed by atoms with E-state index in [0.29, 0.717) is 28.9 Å². The van der Waals surface area contributed by atoms with Gasteiger partial charge in [0.2, 0.25) is 0 Å². The molecule has 0 unspecified atom stereocenters. The molecule has 1 fully saturated rings. The van der Waals surface area contributed by atoms with E-state index in [2.05, 4.69) is 21.2 Å². The highest BCUT2D eigenvalue weighted by atomic mass is 79.9. The molecule has 0 spiro atoms. The first-order valence-corrected chi connectivity index (χ1v) is 10.1. The van der Waals surface area contributed by atoms with Gasteiger partial charge in [-0.1, -0.05) is 18.2 Å². The highest BCUT2D eigenvalue weighted by Gasteiger charge is 2.27. The first kappa shape index (κ1) is 21.5. The fourth-order valence-electron chi connectivity index (χ4n) is 3.16. The largest absolute Gasteiger partial charge is 0.496 e. The summed E-state index contributed by atoms with van der Waals surface area (Å²) < 4.78 is 5.78. The lowest BCUT2D eigenvalue weighted by atomic mass is 10.1. The van der Waals surface area contributed by atoms with Gasteiger partial charge in [-0.15, -0.1) is 0 Å². The topological polar surface area (TPSA) is 102 Å². The number of hydrogen-bond acceptors (Lipinski definition) is 5. The van der Waals surface area contributed by atoms with E-state index in [1.807, 2.05) is 0 Å². The number of carbonyl (C=O) groups is 2. The molecule has 1 N–H and O–H groups in total. The first-order chi connectivity index (χ1) is 14.4. The molecular formula is C21H20BrN3O5. The molecule has 1 saturated heterocycles. The standard InChI is InChI=1S/C21H20BrN3O5/c1-30-17-7-3-2-6-16(17)18(22)19(21(27)24-12-4-5-13-24)23-20(26)14-8-10-15(11-9-14)25(28)29/h2-3,6-11H,4-5,12-13H2,1H3,(H,23,26)/b19-18-. The Bertz CT molecular complexity index is 998. The molecule has 2 aromatic rings. The number of likely N-dealkylation sites (tertiary alicyclic amines) is 1. The minimum absolute atomic E-state index is 0.0877. The van der Waals surface area contributed by atoms with Crippen LogP contribution in [0.25, 0.3) is 4.48 Å². The molecule has 2 amide bonds. The van der Waals surface area contributed by atoms with Crippen molar-refractivity contribution in [1.29, 1.82) is 0 Å². The second-order valence-electron chi connectivity index (χ2n) is 6.65. The summed E-state index contributed by atoms with van der Waals surface area (Å²) in [6, 6.07) is 12.3. The third kappa shape index (κ3) is 4.68. The van der Waals surface area contributed by atoms with Gasteiger partial charge < -0.3 is 15.0 Å². The summed E-state index contributed by atoms with van der Waals surface area (Å²) >= 11 is 3.47. The van der Waals surface area contributed by atoms with E-state index in [4.69, 9.17) is 4.74 Å². The quantitative estimate of drug-likeness (QED) is 0.391. The molecule has 2 aromatic carbocycles. The molecule has 0 saturated carbocycles. The maximum Gasteiger partial charge on any atom is 0.271 e. The molecule has 1 aliphatic heterocycles. The number of benzene rings is 2. The van der Waals surface area contributed by atoms with Crippen LogP contribution in [0.4, 0.5) is 5.69 Å². The number of methoxy groups -OCH3 is 1. The average Bonchev–Trinajstić information content (AvgIpc) is 3.31. The number of nitro benzene ring substituents is 1. The Hall–Kier alpha value is -3.20. The number of amides is 2. The van der Waals surface area contributed by atoms with Crippen molar-refractivity contribution in [3.05, 3.63) is 75.5 Å². The van der Waals surface area contributed by atoms with Crippen LogP contribution in [0.1, 0.15) is 28.8 Å². The van der Waals surface area contributed by atoms with Crippen LogP contribution in [-0.4, -0.2) is 41.8 Å². The van der Waals surface area contributed by atoms with Crippen molar-refractivity contribution in [2.24, 2.45) is 0 Å². The van der Waals surface area contributed by atoms with Gasteiger partial charge in [-0.25, -0.2) is 0 Å². The Morgan fingerprint density at radius 2 is 1.73 bits per heavy atom. The number of para-hydroxylation sites is 1. The second kappa shape index (κ2) is 9.53. The average molecular weight is 474 g/mol. The number of halogens is 1. The zero-order chi connectivity index (χ0) is 21.7. The number of nitrogens with zero attached hydrogens (tertiary/aromatic N) is 2. The lowest BCUT2D eigenvalue weighted by Gasteiger charge is -2.20. The number of nitrogens with one attached hydrogen (secondary N) is 1. The smallest absolute Gasteiger partial charge is 0.271 e. The molecule has 9 heteroatoms. The Morgan fingerprint density at radius 3 is 2.33 bits per heavy atom. The summed E-state index contributed by atoms with van der Waals surface area (Å²) in [5.74, 6) is -0.305. The van der Waals surface area contributed by atoms with Crippen LogP contribution in [0.5, 0.6) is 5.75 Å². The number of ether oxygens (including phenoxy) is 1. The zero-order valence-electron chi connectivity index (χ0n) is 16.3. The predicted molar refractivity (Wildman–Crippen MR) is 115 cm³/mol. The predicted octanol–water partition coefficient (Wildman–Crippen LogP) is 3.72. The van der Waals surface area contributed by atoms with Gasteiger partial charge in [-0.3, -0.25) is 19.7 Å². The van der Waals surface area contributed by atoms with E-state index in [1.165, 1.54) is 31.4 Å². The Balaban J connectivity index is 1.98. The maximum atomic E-state index is 13.2. The van der Waals surface area contributed by atoms with Crippen LogP contribution < -0.4 is 10.1 Å². The fraction of sp³-hybridized carbons (Fsp3) is 0.238. The normalized spacial score (nSPS) is 14.1. The third-order valence-electron chi connectivity index (χ3n) is 4.75. The van der Waals surface area contributed by atoms with E-state index in [1.54, 1.807) is 29.2 Å². The van der Waals surface area contributed by atoms with Crippen molar-refractivity contribution in [1.82, 2.24) is 10.2 Å². The molecule has 0 aromatic heterocycles. The molecular weight excluding hydrogens is 454 g/mol. The van der Waals surface area contributed by atoms with Gasteiger partial charge in [0.15, 0.2) is 0 Å². The summed E-state index contributed by atoms with van der Waals surface area (Å²) in [4.78, 5) is 37.9. The van der Waals surface area contributed by atoms with E-state index < -0.39 is 10.8 Å². The van der Waals surface area contributed by atoms with Crippen molar-refractivity contribution in [3.8, 4) is 5.75 Å². The fourth-order valence-corrected chi connectivity index (χ4v) is 3.76. The van der Waals surface area contributed by atoms with Crippen molar-refractivity contribution in [2.45, 2.75) is 12.8 Å². The minimum atomic E-state index is -0.542. The van der Waals surface area contributed by atoms with Crippen LogP contribution in [0.3, 0.4) is 0 Å². The summed E-state index contributed by atoms with van der Waals surface area (Å²) in [7, 11) is 1.52. The van der Waals surface area contributed by atoms with Crippen molar-refractivity contribution in [3.63, 3.8) is 0 Å². The highest BCUT2D eigenvalue weighted by Crippen LogP contribution is 2.33. The van der Waals surface area contributed by atoms with Crippen LogP contribution in [0.2, 0.25) is 0 Å². The molecule has 3 rings (SSSR count). The van der Waals surface area contributed by atoms with Gasteiger partial charge in [0.25, 0.3) is 17.5 Å². The summed E-state index contributed by atoms with van der Waals surface area (Å²) in [5.41, 5.74) is 0.787. The first-order valence-electron chi connectivity index (χ1n) is 9.30. The Kier molecular flexibility index (Phi) is 6.83. The summed E-state index contributed by atoms with van der Waals surface area (Å²) in [6.07, 6.45) is 1.81. The molecule has 30 heavy (non-hydrogen) atoms. The molecule has 1 aliphatic rings. The minimum Gasteiger partial charge on any atom is -0.496 e. The number of nitro groups is 1. The van der Waals surface area contributed by atoms with Crippen molar-refractivity contribution >= 4 is 37.9 Å². The third-order valence-corrected chi connectivity index (χ3v) is 5.57. The van der Waals surface area contributed by atoms with Gasteiger partial charge in [0.1, 0.15) is 11.4 Å². The monoisotopic (exact) mass is 473 g/mol. The second-order valence-corrected chi connectivity index (χ2v) is 7.44. The molecule has 8 nitrogen and oxygen atoms in total. The molecule has 0 bridgehead atoms. The van der Waals surface area contributed by atoms with E-state index in [9.17, 15) is 19.7 Å². The van der Waals surface area contributed by atoms with Crippen molar-refractivity contribution < 1.29 is 19.2 Å². The summed E-state index contributed by atoms with van der Waals surface area (Å²) in [6.45, 7) is 1.23. The molecule has 1 heterocycles. The highest BCUT2D eigenvalue weighted by molar-refractivity contribution is 9.15. The maximum absolute atomic E-state index is 13.2. The molecule has 0 aliphatic carbocycles. The number of non-ortho nitro benzene ring substituents is 1. The summed E-state index contributed by atoms with van der Waals surface area (Å²) in [5, 5.41) is 13.5. The van der Waals surface area contributed by atoms with Gasteiger partial charge in [0, 0.05) is 36.3 Å². The van der Waals surface area contributed by atoms with Crippen LogP contribution >= 0.6 is 15.9 Å². The van der Waals surface area contributed by atoms with Crippen molar-refractivity contribution in [2.75, 3.05) is 20.2 Å². The zero-order valence-corrected chi connectivity index (χ0v) is 17.8. The molecule has 0 atom stereocenters. The Labute approximate surface area is 181 Å². The van der Waals surface area contributed by atoms with E-state index >= 15 is 0 Å². The molecule has 0 radical (unpaired) electrons. The SMILES string of the molecule is COc1ccccc1/C(Br)=C(/NC(=O)c1ccc([N+](=O)[O-])cc1)C(=O)N1CCCC1. The van der Waals surface area contributed by atoms with Gasteiger partial charge in [-0.05, 0) is 47.0 Å². The molecule has 156 valence electrons. The number of rotatable bonds is 6. The van der Waals surface area contributed by atoms with Gasteiger partial charge in [0.05, 0.1) is 16.5 Å².